The molecule has 1 aromatic rings. The molecule has 1 fully saturated rings. The number of likely N-dealkylation sites (N-methyl/N-ethyl adjacent to an activating group) is 1. The van der Waals surface area contributed by atoms with Crippen molar-refractivity contribution in [3.05, 3.63) is 17.4 Å². The van der Waals surface area contributed by atoms with Crippen molar-refractivity contribution in [2.45, 2.75) is 11.8 Å². The topological polar surface area (TPSA) is 44.3 Å². The number of rotatable bonds is 4. The van der Waals surface area contributed by atoms with Crippen LogP contribution in [0.15, 0.2) is 17.2 Å². The number of nitrogens with one attached hydrogen (secondary N) is 1. The smallest absolute Gasteiger partial charge is 0.230 e. The van der Waals surface area contributed by atoms with Crippen molar-refractivity contribution in [2.75, 3.05) is 49.7 Å². The summed E-state index contributed by atoms with van der Waals surface area (Å²) in [5, 5.41) is 3.55. The van der Waals surface area contributed by atoms with Crippen molar-refractivity contribution >= 4 is 35.1 Å². The number of allylic oxidation sites excluding steroid dienone is 1. The normalized spacial score (nSPS) is 16.9. The first-order chi connectivity index (χ1) is 9.65. The predicted molar refractivity (Wildman–Crippen MR) is 87.0 cm³/mol. The third kappa shape index (κ3) is 3.56. The summed E-state index contributed by atoms with van der Waals surface area (Å²) in [6.45, 7) is 5.92. The van der Waals surface area contributed by atoms with E-state index >= 15 is 0 Å². The van der Waals surface area contributed by atoms with Crippen LogP contribution in [0.2, 0.25) is 5.15 Å². The van der Waals surface area contributed by atoms with E-state index in [0.29, 0.717) is 11.1 Å². The van der Waals surface area contributed by atoms with E-state index in [1.807, 2.05) is 19.3 Å². The molecule has 2 rings (SSSR count). The molecule has 0 saturated carbocycles. The Balaban J connectivity index is 2.30. The molecule has 1 aromatic heterocycles. The molecule has 7 heteroatoms. The molecule has 20 heavy (non-hydrogen) atoms. The Kier molecular flexibility index (Phi) is 5.51. The van der Waals surface area contributed by atoms with Crippen molar-refractivity contribution in [3.8, 4) is 0 Å². The Morgan fingerprint density at radius 1 is 1.25 bits per heavy atom. The molecular weight excluding hydrogens is 294 g/mol. The lowest BCUT2D eigenvalue weighted by atomic mass is 10.3. The Bertz CT molecular complexity index is 486. The minimum absolute atomic E-state index is 0.508. The highest BCUT2D eigenvalue weighted by Gasteiger charge is 2.21. The number of anilines is 2. The summed E-state index contributed by atoms with van der Waals surface area (Å²) in [6, 6.07) is 0. The Morgan fingerprint density at radius 2 is 1.95 bits per heavy atom. The second kappa shape index (κ2) is 7.15. The molecule has 2 heterocycles. The Labute approximate surface area is 129 Å². The lowest BCUT2D eigenvalue weighted by Crippen LogP contribution is -2.45. The minimum atomic E-state index is 0.508. The maximum absolute atomic E-state index is 6.29. The molecular formula is C13H20ClN5S. The van der Waals surface area contributed by atoms with Crippen LogP contribution in [0.3, 0.4) is 0 Å². The summed E-state index contributed by atoms with van der Waals surface area (Å²) in [6.07, 6.45) is 5.71. The van der Waals surface area contributed by atoms with Crippen LogP contribution in [0.4, 0.5) is 11.8 Å². The molecule has 0 spiro atoms. The van der Waals surface area contributed by atoms with Crippen molar-refractivity contribution in [1.29, 1.82) is 0 Å². The molecule has 0 aromatic carbocycles. The van der Waals surface area contributed by atoms with Gasteiger partial charge in [0.2, 0.25) is 5.95 Å². The number of piperazine rings is 1. The van der Waals surface area contributed by atoms with Gasteiger partial charge in [0, 0.05) is 26.2 Å². The number of thioether (sulfide) groups is 1. The highest BCUT2D eigenvalue weighted by atomic mass is 35.5. The van der Waals surface area contributed by atoms with Gasteiger partial charge in [-0.3, -0.25) is 0 Å². The molecule has 0 amide bonds. The highest BCUT2D eigenvalue weighted by molar-refractivity contribution is 7.98. The van der Waals surface area contributed by atoms with Crippen LogP contribution < -0.4 is 10.2 Å². The summed E-state index contributed by atoms with van der Waals surface area (Å²) in [4.78, 5) is 14.4. The quantitative estimate of drug-likeness (QED) is 0.681. The molecule has 0 bridgehead atoms. The third-order valence-corrected chi connectivity index (χ3v) is 4.36. The zero-order chi connectivity index (χ0) is 14.5. The fourth-order valence-electron chi connectivity index (χ4n) is 2.04. The van der Waals surface area contributed by atoms with Gasteiger partial charge in [-0.05, 0) is 26.4 Å². The van der Waals surface area contributed by atoms with E-state index in [9.17, 15) is 0 Å². The van der Waals surface area contributed by atoms with Crippen molar-refractivity contribution < 1.29 is 0 Å². The molecule has 1 aliphatic rings. The maximum Gasteiger partial charge on any atom is 0.230 e. The van der Waals surface area contributed by atoms with Crippen LogP contribution in [0, 0.1) is 0 Å². The van der Waals surface area contributed by atoms with Gasteiger partial charge in [0.1, 0.15) is 11.0 Å². The summed E-state index contributed by atoms with van der Waals surface area (Å²) < 4.78 is 0. The van der Waals surface area contributed by atoms with Crippen molar-refractivity contribution in [3.63, 3.8) is 0 Å². The van der Waals surface area contributed by atoms with Gasteiger partial charge in [-0.1, -0.05) is 17.7 Å². The van der Waals surface area contributed by atoms with E-state index in [4.69, 9.17) is 11.6 Å². The fraction of sp³-hybridized carbons (Fsp3) is 0.538. The lowest BCUT2D eigenvalue weighted by molar-refractivity contribution is 0.311. The van der Waals surface area contributed by atoms with E-state index in [-0.39, 0.29) is 0 Å². The van der Waals surface area contributed by atoms with Crippen molar-refractivity contribution in [1.82, 2.24) is 14.9 Å². The van der Waals surface area contributed by atoms with Gasteiger partial charge >= 0.3 is 0 Å². The fourth-order valence-corrected chi connectivity index (χ4v) is 3.01. The largest absolute Gasteiger partial charge is 0.353 e. The number of hydrogen-bond acceptors (Lipinski definition) is 6. The van der Waals surface area contributed by atoms with Crippen LogP contribution in [-0.2, 0) is 0 Å². The van der Waals surface area contributed by atoms with Crippen LogP contribution in [-0.4, -0.2) is 54.4 Å². The van der Waals surface area contributed by atoms with Gasteiger partial charge in [0.15, 0.2) is 0 Å². The Morgan fingerprint density at radius 3 is 2.55 bits per heavy atom. The third-order valence-electron chi connectivity index (χ3n) is 3.19. The van der Waals surface area contributed by atoms with Crippen LogP contribution in [0.1, 0.15) is 6.92 Å². The van der Waals surface area contributed by atoms with Gasteiger partial charge in [0.05, 0.1) is 4.90 Å². The first-order valence-corrected chi connectivity index (χ1v) is 8.18. The second-order valence-electron chi connectivity index (χ2n) is 4.63. The first kappa shape index (κ1) is 15.4. The molecule has 0 radical (unpaired) electrons. The monoisotopic (exact) mass is 313 g/mol. The SMILES string of the molecule is C/C=C\Nc1nc(Cl)c(SC)c(N2CCN(C)CC2)n1. The summed E-state index contributed by atoms with van der Waals surface area (Å²) in [5.41, 5.74) is 0. The minimum Gasteiger partial charge on any atom is -0.353 e. The standard InChI is InChI=1S/C13H20ClN5S/c1-4-5-15-13-16-11(14)10(20-3)12(17-13)19-8-6-18(2)7-9-19/h4-5H,6-9H2,1-3H3,(H,15,16,17)/b5-4-. The molecule has 0 atom stereocenters. The van der Waals surface area contributed by atoms with Gasteiger partial charge in [-0.25, -0.2) is 0 Å². The van der Waals surface area contributed by atoms with Crippen LogP contribution in [0.25, 0.3) is 0 Å². The summed E-state index contributed by atoms with van der Waals surface area (Å²) >= 11 is 7.88. The van der Waals surface area contributed by atoms with Gasteiger partial charge in [-0.15, -0.1) is 11.8 Å². The highest BCUT2D eigenvalue weighted by Crippen LogP contribution is 2.34. The number of hydrogen-bond donors (Lipinski definition) is 1. The number of halogens is 1. The van der Waals surface area contributed by atoms with E-state index < -0.39 is 0 Å². The average molecular weight is 314 g/mol. The summed E-state index contributed by atoms with van der Waals surface area (Å²) in [5.74, 6) is 1.47. The molecule has 0 aliphatic carbocycles. The molecule has 110 valence electrons. The van der Waals surface area contributed by atoms with Gasteiger partial charge in [-0.2, -0.15) is 9.97 Å². The van der Waals surface area contributed by atoms with Gasteiger partial charge in [0.25, 0.3) is 0 Å². The van der Waals surface area contributed by atoms with E-state index in [2.05, 4.69) is 32.1 Å². The molecule has 0 unspecified atom stereocenters. The Hall–Kier alpha value is -0.980. The second-order valence-corrected chi connectivity index (χ2v) is 5.80. The molecule has 5 nitrogen and oxygen atoms in total. The number of nitrogens with zero attached hydrogens (tertiary/aromatic N) is 4. The zero-order valence-corrected chi connectivity index (χ0v) is 13.6. The summed E-state index contributed by atoms with van der Waals surface area (Å²) in [7, 11) is 2.14. The van der Waals surface area contributed by atoms with Crippen molar-refractivity contribution in [2.24, 2.45) is 0 Å². The van der Waals surface area contributed by atoms with Crippen LogP contribution >= 0.6 is 23.4 Å². The van der Waals surface area contributed by atoms with Gasteiger partial charge < -0.3 is 15.1 Å². The van der Waals surface area contributed by atoms with Crippen LogP contribution in [0.5, 0.6) is 0 Å². The van der Waals surface area contributed by atoms with E-state index in [0.717, 1.165) is 36.9 Å². The van der Waals surface area contributed by atoms with E-state index in [1.165, 1.54) is 0 Å². The number of aromatic nitrogens is 2. The molecule has 1 N–H and O–H groups in total. The lowest BCUT2D eigenvalue weighted by Gasteiger charge is -2.34. The predicted octanol–water partition coefficient (Wildman–Crippen LogP) is 2.55. The zero-order valence-electron chi connectivity index (χ0n) is 12.1. The average Bonchev–Trinajstić information content (AvgIpc) is 2.45. The molecule has 1 aliphatic heterocycles. The first-order valence-electron chi connectivity index (χ1n) is 6.58. The molecule has 1 saturated heterocycles. The maximum atomic E-state index is 6.29. The van der Waals surface area contributed by atoms with E-state index in [1.54, 1.807) is 18.0 Å².